The second kappa shape index (κ2) is 9.85. The molecule has 0 heterocycles. The Labute approximate surface area is 95.7 Å². The maximum Gasteiger partial charge on any atom is -0.00192 e. The molecule has 0 rings (SSSR count). The highest BCUT2D eigenvalue weighted by Gasteiger charge is 2.03. The summed E-state index contributed by atoms with van der Waals surface area (Å²) in [7, 11) is 2.24. The van der Waals surface area contributed by atoms with Gasteiger partial charge in [-0.15, -0.1) is 0 Å². The zero-order valence-electron chi connectivity index (χ0n) is 10.1. The predicted molar refractivity (Wildman–Crippen MR) is 69.3 cm³/mol. The molecule has 0 bridgehead atoms. The SMILES string of the molecule is CCCCCN(C)CCC(C)CCS. The van der Waals surface area contributed by atoms with Gasteiger partial charge in [0, 0.05) is 0 Å². The average molecular weight is 217 g/mol. The van der Waals surface area contributed by atoms with Crippen LogP contribution in [0.4, 0.5) is 0 Å². The van der Waals surface area contributed by atoms with E-state index in [0.717, 1.165) is 11.7 Å². The van der Waals surface area contributed by atoms with Crippen molar-refractivity contribution in [2.75, 3.05) is 25.9 Å². The maximum absolute atomic E-state index is 4.26. The van der Waals surface area contributed by atoms with Crippen molar-refractivity contribution in [3.05, 3.63) is 0 Å². The molecule has 0 aromatic carbocycles. The fraction of sp³-hybridized carbons (Fsp3) is 1.00. The Hall–Kier alpha value is 0.310. The Bertz CT molecular complexity index is 117. The first-order chi connectivity index (χ1) is 6.70. The summed E-state index contributed by atoms with van der Waals surface area (Å²) in [5.74, 6) is 1.86. The van der Waals surface area contributed by atoms with E-state index < -0.39 is 0 Å². The van der Waals surface area contributed by atoms with Crippen LogP contribution in [0.5, 0.6) is 0 Å². The van der Waals surface area contributed by atoms with Gasteiger partial charge < -0.3 is 4.90 Å². The molecule has 0 aliphatic rings. The van der Waals surface area contributed by atoms with E-state index in [2.05, 4.69) is 38.4 Å². The Morgan fingerprint density at radius 2 is 1.86 bits per heavy atom. The van der Waals surface area contributed by atoms with Crippen LogP contribution < -0.4 is 0 Å². The summed E-state index contributed by atoms with van der Waals surface area (Å²) in [5, 5.41) is 0. The maximum atomic E-state index is 4.26. The minimum absolute atomic E-state index is 0.834. The lowest BCUT2D eigenvalue weighted by molar-refractivity contribution is 0.297. The van der Waals surface area contributed by atoms with Crippen LogP contribution in [0.3, 0.4) is 0 Å². The van der Waals surface area contributed by atoms with Crippen LogP contribution in [0.15, 0.2) is 0 Å². The highest BCUT2D eigenvalue weighted by Crippen LogP contribution is 2.09. The molecule has 0 aromatic rings. The van der Waals surface area contributed by atoms with Crippen LogP contribution in [-0.2, 0) is 0 Å². The standard InChI is InChI=1S/C12H27NS/c1-4-5-6-9-13(3)10-7-12(2)8-11-14/h12,14H,4-11H2,1-3H3. The van der Waals surface area contributed by atoms with Crippen molar-refractivity contribution in [2.24, 2.45) is 5.92 Å². The third kappa shape index (κ3) is 8.89. The van der Waals surface area contributed by atoms with Gasteiger partial charge in [0.25, 0.3) is 0 Å². The molecule has 0 radical (unpaired) electrons. The van der Waals surface area contributed by atoms with E-state index in [1.807, 2.05) is 0 Å². The van der Waals surface area contributed by atoms with Gasteiger partial charge in [-0.1, -0.05) is 26.7 Å². The summed E-state index contributed by atoms with van der Waals surface area (Å²) >= 11 is 4.26. The summed E-state index contributed by atoms with van der Waals surface area (Å²) in [6, 6.07) is 0. The summed E-state index contributed by atoms with van der Waals surface area (Å²) in [5.41, 5.74) is 0. The molecule has 0 spiro atoms. The average Bonchev–Trinajstić information content (AvgIpc) is 2.16. The van der Waals surface area contributed by atoms with Gasteiger partial charge >= 0.3 is 0 Å². The van der Waals surface area contributed by atoms with Crippen molar-refractivity contribution >= 4 is 12.6 Å². The van der Waals surface area contributed by atoms with Crippen molar-refractivity contribution in [1.82, 2.24) is 4.90 Å². The van der Waals surface area contributed by atoms with Crippen LogP contribution in [0.1, 0.15) is 46.0 Å². The molecule has 0 saturated carbocycles. The molecule has 0 N–H and O–H groups in total. The van der Waals surface area contributed by atoms with E-state index in [1.54, 1.807) is 0 Å². The minimum Gasteiger partial charge on any atom is -0.306 e. The third-order valence-electron chi connectivity index (χ3n) is 2.77. The van der Waals surface area contributed by atoms with Gasteiger partial charge in [-0.05, 0) is 51.1 Å². The van der Waals surface area contributed by atoms with Gasteiger partial charge in [0.1, 0.15) is 0 Å². The molecular formula is C12H27NS. The van der Waals surface area contributed by atoms with Crippen LogP contribution >= 0.6 is 12.6 Å². The number of rotatable bonds is 9. The van der Waals surface area contributed by atoms with Crippen molar-refractivity contribution in [1.29, 1.82) is 0 Å². The monoisotopic (exact) mass is 217 g/mol. The zero-order valence-corrected chi connectivity index (χ0v) is 11.0. The molecule has 0 aliphatic carbocycles. The molecular weight excluding hydrogens is 190 g/mol. The summed E-state index contributed by atoms with van der Waals surface area (Å²) in [6.07, 6.45) is 6.63. The van der Waals surface area contributed by atoms with Crippen LogP contribution in [0, 0.1) is 5.92 Å². The fourth-order valence-electron chi connectivity index (χ4n) is 1.55. The molecule has 2 heteroatoms. The lowest BCUT2D eigenvalue weighted by Gasteiger charge is -2.18. The quantitative estimate of drug-likeness (QED) is 0.457. The molecule has 86 valence electrons. The summed E-state index contributed by atoms with van der Waals surface area (Å²) in [4.78, 5) is 2.46. The minimum atomic E-state index is 0.834. The zero-order chi connectivity index (χ0) is 10.8. The van der Waals surface area contributed by atoms with Gasteiger partial charge in [-0.3, -0.25) is 0 Å². The largest absolute Gasteiger partial charge is 0.306 e. The second-order valence-corrected chi connectivity index (χ2v) is 4.86. The van der Waals surface area contributed by atoms with Crippen molar-refractivity contribution in [3.8, 4) is 0 Å². The van der Waals surface area contributed by atoms with E-state index >= 15 is 0 Å². The topological polar surface area (TPSA) is 3.24 Å². The van der Waals surface area contributed by atoms with Gasteiger partial charge in [0.15, 0.2) is 0 Å². The fourth-order valence-corrected chi connectivity index (χ4v) is 1.99. The van der Waals surface area contributed by atoms with E-state index in [1.165, 1.54) is 45.2 Å². The van der Waals surface area contributed by atoms with Gasteiger partial charge in [0.05, 0.1) is 0 Å². The second-order valence-electron chi connectivity index (χ2n) is 4.42. The number of hydrogen-bond acceptors (Lipinski definition) is 2. The number of hydrogen-bond donors (Lipinski definition) is 1. The Balaban J connectivity index is 3.29. The molecule has 0 aromatic heterocycles. The smallest absolute Gasteiger partial charge is 0.00192 e. The Kier molecular flexibility index (Phi) is 10.1. The third-order valence-corrected chi connectivity index (χ3v) is 3.03. The lowest BCUT2D eigenvalue weighted by atomic mass is 10.1. The number of nitrogens with zero attached hydrogens (tertiary/aromatic N) is 1. The van der Waals surface area contributed by atoms with Gasteiger partial charge in [0.2, 0.25) is 0 Å². The molecule has 1 nitrogen and oxygen atoms in total. The van der Waals surface area contributed by atoms with Gasteiger partial charge in [-0.25, -0.2) is 0 Å². The first-order valence-corrected chi connectivity index (χ1v) is 6.63. The van der Waals surface area contributed by atoms with E-state index in [9.17, 15) is 0 Å². The summed E-state index contributed by atoms with van der Waals surface area (Å²) in [6.45, 7) is 7.10. The first kappa shape index (κ1) is 14.3. The predicted octanol–water partition coefficient (Wildman–Crippen LogP) is 3.45. The Morgan fingerprint density at radius 1 is 1.14 bits per heavy atom. The van der Waals surface area contributed by atoms with Gasteiger partial charge in [-0.2, -0.15) is 12.6 Å². The van der Waals surface area contributed by atoms with Crippen molar-refractivity contribution < 1.29 is 0 Å². The summed E-state index contributed by atoms with van der Waals surface area (Å²) < 4.78 is 0. The Morgan fingerprint density at radius 3 is 2.43 bits per heavy atom. The van der Waals surface area contributed by atoms with Crippen molar-refractivity contribution in [3.63, 3.8) is 0 Å². The molecule has 0 amide bonds. The highest BCUT2D eigenvalue weighted by molar-refractivity contribution is 7.80. The normalized spacial score (nSPS) is 13.5. The number of thiol groups is 1. The molecule has 1 atom stereocenters. The lowest BCUT2D eigenvalue weighted by Crippen LogP contribution is -2.22. The molecule has 1 unspecified atom stereocenters. The molecule has 0 saturated heterocycles. The van der Waals surface area contributed by atoms with Crippen LogP contribution in [0.2, 0.25) is 0 Å². The molecule has 14 heavy (non-hydrogen) atoms. The molecule has 0 aliphatic heterocycles. The van der Waals surface area contributed by atoms with Crippen LogP contribution in [-0.4, -0.2) is 30.8 Å². The number of unbranched alkanes of at least 4 members (excludes halogenated alkanes) is 2. The van der Waals surface area contributed by atoms with E-state index in [4.69, 9.17) is 0 Å². The highest BCUT2D eigenvalue weighted by atomic mass is 32.1. The van der Waals surface area contributed by atoms with Crippen molar-refractivity contribution in [2.45, 2.75) is 46.0 Å². The first-order valence-electron chi connectivity index (χ1n) is 6.00. The molecule has 0 fully saturated rings. The van der Waals surface area contributed by atoms with E-state index in [-0.39, 0.29) is 0 Å². The van der Waals surface area contributed by atoms with Crippen LogP contribution in [0.25, 0.3) is 0 Å². The van der Waals surface area contributed by atoms with E-state index in [0.29, 0.717) is 0 Å².